The highest BCUT2D eigenvalue weighted by Gasteiger charge is 2.23. The Morgan fingerprint density at radius 3 is 2.37 bits per heavy atom. The van der Waals surface area contributed by atoms with Gasteiger partial charge in [0.15, 0.2) is 12.6 Å². The smallest absolute Gasteiger partial charge is 0.258 e. The van der Waals surface area contributed by atoms with Gasteiger partial charge in [0.05, 0.1) is 0 Å². The van der Waals surface area contributed by atoms with Crippen LogP contribution in [0.3, 0.4) is 0 Å². The molecule has 1 aromatic carbocycles. The van der Waals surface area contributed by atoms with Gasteiger partial charge in [-0.05, 0) is 55.0 Å². The molecule has 0 bridgehead atoms. The molecule has 1 aliphatic rings. The number of nitrogens with one attached hydrogen (secondary N) is 3. The van der Waals surface area contributed by atoms with Crippen molar-refractivity contribution in [3.8, 4) is 5.75 Å². The van der Waals surface area contributed by atoms with E-state index >= 15 is 0 Å². The molecule has 1 saturated carbocycles. The first-order chi connectivity index (χ1) is 14.6. The van der Waals surface area contributed by atoms with Gasteiger partial charge in [-0.25, -0.2) is 4.98 Å². The Bertz CT molecular complexity index is 836. The van der Waals surface area contributed by atoms with Crippen LogP contribution in [0.5, 0.6) is 5.75 Å². The Morgan fingerprint density at radius 2 is 1.77 bits per heavy atom. The average Bonchev–Trinajstić information content (AvgIpc) is 3.57. The van der Waals surface area contributed by atoms with Crippen LogP contribution in [0.4, 0.5) is 0 Å². The first-order valence-electron chi connectivity index (χ1n) is 10.2. The van der Waals surface area contributed by atoms with E-state index in [1.165, 1.54) is 5.56 Å². The van der Waals surface area contributed by atoms with Gasteiger partial charge >= 0.3 is 0 Å². The predicted molar refractivity (Wildman–Crippen MR) is 119 cm³/mol. The molecular formula is C22H28ClN5O2. The fraction of sp³-hybridized carbons (Fsp3) is 0.409. The second kappa shape index (κ2) is 11.4. The fourth-order valence-corrected chi connectivity index (χ4v) is 2.94. The lowest BCUT2D eigenvalue weighted by atomic mass is 10.1. The summed E-state index contributed by atoms with van der Waals surface area (Å²) in [6, 6.07) is 11.9. The molecule has 7 nitrogen and oxygen atoms in total. The monoisotopic (exact) mass is 429 g/mol. The third-order valence-corrected chi connectivity index (χ3v) is 4.88. The summed E-state index contributed by atoms with van der Waals surface area (Å²) in [6.07, 6.45) is 5.63. The summed E-state index contributed by atoms with van der Waals surface area (Å²) < 4.78 is 5.53. The van der Waals surface area contributed by atoms with Gasteiger partial charge in [-0.15, -0.1) is 0 Å². The molecule has 160 valence electrons. The second-order valence-corrected chi connectivity index (χ2v) is 7.58. The van der Waals surface area contributed by atoms with Crippen LogP contribution < -0.4 is 20.7 Å². The van der Waals surface area contributed by atoms with Crippen molar-refractivity contribution in [1.29, 1.82) is 0 Å². The van der Waals surface area contributed by atoms with Crippen molar-refractivity contribution in [2.75, 3.05) is 26.7 Å². The minimum absolute atomic E-state index is 0.0583. The molecule has 1 aliphatic carbocycles. The maximum absolute atomic E-state index is 11.7. The highest BCUT2D eigenvalue weighted by Crippen LogP contribution is 2.18. The number of guanidine groups is 1. The van der Waals surface area contributed by atoms with Gasteiger partial charge in [0.25, 0.3) is 5.91 Å². The third-order valence-electron chi connectivity index (χ3n) is 4.66. The number of hydrogen-bond acceptors (Lipinski definition) is 4. The third kappa shape index (κ3) is 7.91. The summed E-state index contributed by atoms with van der Waals surface area (Å²) in [5, 5.41) is 10.0. The maximum Gasteiger partial charge on any atom is 0.258 e. The molecule has 1 amide bonds. The molecule has 1 heterocycles. The molecule has 2 aromatic rings. The van der Waals surface area contributed by atoms with Crippen molar-refractivity contribution in [3.63, 3.8) is 0 Å². The molecule has 1 aromatic heterocycles. The van der Waals surface area contributed by atoms with Crippen molar-refractivity contribution < 1.29 is 9.53 Å². The number of carbonyl (C=O) groups excluding carboxylic acids is 1. The Hall–Kier alpha value is -2.80. The second-order valence-electron chi connectivity index (χ2n) is 7.19. The van der Waals surface area contributed by atoms with Gasteiger partial charge in [-0.1, -0.05) is 29.8 Å². The number of amides is 1. The Labute approximate surface area is 182 Å². The summed E-state index contributed by atoms with van der Waals surface area (Å²) in [5.41, 5.74) is 2.30. The number of carbonyl (C=O) groups is 1. The minimum atomic E-state index is -0.0583. The van der Waals surface area contributed by atoms with E-state index in [0.29, 0.717) is 16.9 Å². The number of aliphatic imine (C=N–C) groups is 1. The Kier molecular flexibility index (Phi) is 8.32. The molecule has 0 unspecified atom stereocenters. The topological polar surface area (TPSA) is 87.6 Å². The van der Waals surface area contributed by atoms with Crippen LogP contribution in [0.25, 0.3) is 0 Å². The van der Waals surface area contributed by atoms with E-state index in [0.717, 1.165) is 50.3 Å². The van der Waals surface area contributed by atoms with E-state index in [4.69, 9.17) is 16.3 Å². The van der Waals surface area contributed by atoms with Gasteiger partial charge in [-0.3, -0.25) is 9.79 Å². The highest BCUT2D eigenvalue weighted by molar-refractivity contribution is 6.29. The van der Waals surface area contributed by atoms with Gasteiger partial charge in [-0.2, -0.15) is 0 Å². The van der Waals surface area contributed by atoms with Crippen LogP contribution in [-0.4, -0.2) is 49.6 Å². The van der Waals surface area contributed by atoms with E-state index in [-0.39, 0.29) is 12.5 Å². The zero-order valence-electron chi connectivity index (χ0n) is 17.2. The van der Waals surface area contributed by atoms with Gasteiger partial charge in [0.2, 0.25) is 0 Å². The lowest BCUT2D eigenvalue weighted by Gasteiger charge is -2.12. The van der Waals surface area contributed by atoms with E-state index < -0.39 is 0 Å². The summed E-state index contributed by atoms with van der Waals surface area (Å²) in [5.74, 6) is 1.40. The summed E-state index contributed by atoms with van der Waals surface area (Å²) >= 11 is 5.80. The number of aromatic nitrogens is 1. The molecular weight excluding hydrogens is 402 g/mol. The number of ether oxygens (including phenoxy) is 1. The van der Waals surface area contributed by atoms with E-state index in [2.05, 4.69) is 25.9 Å². The number of rotatable bonds is 10. The lowest BCUT2D eigenvalue weighted by Crippen LogP contribution is -2.39. The molecule has 3 N–H and O–H groups in total. The molecule has 3 rings (SSSR count). The summed E-state index contributed by atoms with van der Waals surface area (Å²) in [7, 11) is 1.75. The lowest BCUT2D eigenvalue weighted by molar-refractivity contribution is -0.123. The predicted octanol–water partition coefficient (Wildman–Crippen LogP) is 2.34. The van der Waals surface area contributed by atoms with E-state index in [1.54, 1.807) is 19.3 Å². The van der Waals surface area contributed by atoms with Crippen molar-refractivity contribution in [1.82, 2.24) is 20.9 Å². The molecule has 8 heteroatoms. The van der Waals surface area contributed by atoms with Gasteiger partial charge in [0.1, 0.15) is 10.9 Å². The van der Waals surface area contributed by atoms with Gasteiger partial charge < -0.3 is 20.7 Å². The number of hydrogen-bond donors (Lipinski definition) is 3. The SMILES string of the molecule is CN=C(NCCc1ccc(OCC(=O)NC2CC2)cc1)NCCc1ccc(Cl)nc1. The van der Waals surface area contributed by atoms with Crippen molar-refractivity contribution >= 4 is 23.5 Å². The van der Waals surface area contributed by atoms with Crippen LogP contribution in [0, 0.1) is 0 Å². The molecule has 0 radical (unpaired) electrons. The van der Waals surface area contributed by atoms with Crippen molar-refractivity contribution in [2.45, 2.75) is 31.7 Å². The Balaban J connectivity index is 1.31. The van der Waals surface area contributed by atoms with Crippen molar-refractivity contribution in [2.24, 2.45) is 4.99 Å². The van der Waals surface area contributed by atoms with Crippen LogP contribution >= 0.6 is 11.6 Å². The van der Waals surface area contributed by atoms with Crippen LogP contribution in [0.1, 0.15) is 24.0 Å². The quantitative estimate of drug-likeness (QED) is 0.306. The molecule has 30 heavy (non-hydrogen) atoms. The maximum atomic E-state index is 11.7. The molecule has 0 saturated heterocycles. The number of nitrogens with zero attached hydrogens (tertiary/aromatic N) is 2. The molecule has 0 atom stereocenters. The van der Waals surface area contributed by atoms with Crippen molar-refractivity contribution in [3.05, 3.63) is 58.9 Å². The highest BCUT2D eigenvalue weighted by atomic mass is 35.5. The molecule has 0 spiro atoms. The van der Waals surface area contributed by atoms with Gasteiger partial charge in [0, 0.05) is 32.4 Å². The van der Waals surface area contributed by atoms with E-state index in [9.17, 15) is 4.79 Å². The minimum Gasteiger partial charge on any atom is -0.484 e. The summed E-state index contributed by atoms with van der Waals surface area (Å²) in [6.45, 7) is 1.57. The fourth-order valence-electron chi connectivity index (χ4n) is 2.82. The number of halogens is 1. The molecule has 0 aliphatic heterocycles. The normalized spacial score (nSPS) is 13.6. The van der Waals surface area contributed by atoms with Crippen LogP contribution in [-0.2, 0) is 17.6 Å². The Morgan fingerprint density at radius 1 is 1.10 bits per heavy atom. The van der Waals surface area contributed by atoms with Crippen LogP contribution in [0.15, 0.2) is 47.6 Å². The first kappa shape index (κ1) is 21.9. The average molecular weight is 430 g/mol. The standard InChI is InChI=1S/C22H28ClN5O2/c1-24-22(26-13-11-17-4-9-20(23)27-14-17)25-12-10-16-2-7-19(8-3-16)30-15-21(29)28-18-5-6-18/h2-4,7-9,14,18H,5-6,10-13,15H2,1H3,(H,28,29)(H2,24,25,26). The first-order valence-corrected chi connectivity index (χ1v) is 10.6. The number of pyridine rings is 1. The van der Waals surface area contributed by atoms with Crippen LogP contribution in [0.2, 0.25) is 5.15 Å². The number of benzene rings is 1. The zero-order chi connectivity index (χ0) is 21.2. The zero-order valence-corrected chi connectivity index (χ0v) is 17.9. The summed E-state index contributed by atoms with van der Waals surface area (Å²) in [4.78, 5) is 20.0. The van der Waals surface area contributed by atoms with E-state index in [1.807, 2.05) is 30.3 Å². The molecule has 1 fully saturated rings. The largest absolute Gasteiger partial charge is 0.484 e.